The number of carbonyl (C=O) groups excluding carboxylic acids is 1. The van der Waals surface area contributed by atoms with E-state index in [0.717, 1.165) is 44.0 Å². The van der Waals surface area contributed by atoms with Crippen LogP contribution in [0.5, 0.6) is 0 Å². The molecule has 6 heteroatoms. The summed E-state index contributed by atoms with van der Waals surface area (Å²) in [7, 11) is 1.98. The Morgan fingerprint density at radius 1 is 1.30 bits per heavy atom. The first kappa shape index (κ1) is 15.7. The number of piperidine rings is 1. The number of carbonyl (C=O) groups is 1. The van der Waals surface area contributed by atoms with Gasteiger partial charge in [-0.2, -0.15) is 4.98 Å². The minimum atomic E-state index is 0.108. The fraction of sp³-hybridized carbons (Fsp3) is 0.471. The van der Waals surface area contributed by atoms with Gasteiger partial charge in [0.05, 0.1) is 0 Å². The molecule has 1 N–H and O–H groups in total. The molecule has 3 rings (SSSR count). The van der Waals surface area contributed by atoms with Crippen molar-refractivity contribution in [3.05, 3.63) is 36.2 Å². The van der Waals surface area contributed by atoms with Gasteiger partial charge in [-0.1, -0.05) is 17.3 Å². The van der Waals surface area contributed by atoms with E-state index in [1.54, 1.807) is 0 Å². The molecule has 1 aliphatic heterocycles. The van der Waals surface area contributed by atoms with Gasteiger partial charge in [-0.15, -0.1) is 0 Å². The van der Waals surface area contributed by atoms with Crippen molar-refractivity contribution >= 4 is 5.91 Å². The summed E-state index contributed by atoms with van der Waals surface area (Å²) in [6.07, 6.45) is 4.67. The van der Waals surface area contributed by atoms with Crippen LogP contribution >= 0.6 is 0 Å². The molecule has 6 nitrogen and oxygen atoms in total. The molecule has 122 valence electrons. The van der Waals surface area contributed by atoms with Gasteiger partial charge in [0, 0.05) is 24.2 Å². The van der Waals surface area contributed by atoms with Gasteiger partial charge in [-0.3, -0.25) is 4.79 Å². The van der Waals surface area contributed by atoms with Crippen LogP contribution in [-0.2, 0) is 0 Å². The summed E-state index contributed by atoms with van der Waals surface area (Å²) >= 11 is 0. The van der Waals surface area contributed by atoms with E-state index in [0.29, 0.717) is 11.4 Å². The van der Waals surface area contributed by atoms with E-state index in [2.05, 4.69) is 15.5 Å². The minimum absolute atomic E-state index is 0.108. The van der Waals surface area contributed by atoms with Crippen molar-refractivity contribution in [3.63, 3.8) is 0 Å². The van der Waals surface area contributed by atoms with E-state index in [4.69, 9.17) is 4.52 Å². The summed E-state index contributed by atoms with van der Waals surface area (Å²) < 4.78 is 4.74. The van der Waals surface area contributed by atoms with E-state index >= 15 is 0 Å². The van der Waals surface area contributed by atoms with Gasteiger partial charge in [0.25, 0.3) is 5.91 Å². The summed E-state index contributed by atoms with van der Waals surface area (Å²) in [6, 6.07) is 7.39. The highest BCUT2D eigenvalue weighted by atomic mass is 16.5. The first-order valence-electron chi connectivity index (χ1n) is 8.08. The zero-order valence-electron chi connectivity index (χ0n) is 13.4. The van der Waals surface area contributed by atoms with Crippen LogP contribution in [0.1, 0.15) is 29.6 Å². The fourth-order valence-corrected chi connectivity index (χ4v) is 3.02. The van der Waals surface area contributed by atoms with E-state index in [-0.39, 0.29) is 5.91 Å². The maximum Gasteiger partial charge on any atom is 0.253 e. The lowest BCUT2D eigenvalue weighted by atomic mass is 9.93. The molecule has 0 saturated carbocycles. The Hall–Kier alpha value is -2.21. The molecule has 0 radical (unpaired) electrons. The van der Waals surface area contributed by atoms with E-state index in [1.165, 1.54) is 12.8 Å². The van der Waals surface area contributed by atoms with Crippen LogP contribution in [0.4, 0.5) is 0 Å². The fourth-order valence-electron chi connectivity index (χ4n) is 3.02. The Balaban J connectivity index is 1.58. The molecule has 2 heterocycles. The second-order valence-electron chi connectivity index (χ2n) is 5.96. The van der Waals surface area contributed by atoms with Crippen molar-refractivity contribution in [2.24, 2.45) is 5.92 Å². The Bertz CT molecular complexity index is 617. The maximum atomic E-state index is 12.6. The van der Waals surface area contributed by atoms with Gasteiger partial charge in [0.2, 0.25) is 12.2 Å². The minimum Gasteiger partial charge on any atom is -0.342 e. The number of hydrogen-bond donors (Lipinski definition) is 1. The monoisotopic (exact) mass is 314 g/mol. The van der Waals surface area contributed by atoms with Gasteiger partial charge in [-0.05, 0) is 50.9 Å². The highest BCUT2D eigenvalue weighted by Gasteiger charge is 2.23. The lowest BCUT2D eigenvalue weighted by Gasteiger charge is -2.32. The van der Waals surface area contributed by atoms with Crippen LogP contribution in [0.2, 0.25) is 0 Å². The average molecular weight is 314 g/mol. The van der Waals surface area contributed by atoms with Gasteiger partial charge in [0.15, 0.2) is 0 Å². The number of benzene rings is 1. The molecule has 1 fully saturated rings. The van der Waals surface area contributed by atoms with Crippen molar-refractivity contribution in [1.82, 2.24) is 20.4 Å². The van der Waals surface area contributed by atoms with Crippen molar-refractivity contribution < 1.29 is 9.32 Å². The van der Waals surface area contributed by atoms with Crippen LogP contribution in [0.3, 0.4) is 0 Å². The first-order valence-corrected chi connectivity index (χ1v) is 8.08. The van der Waals surface area contributed by atoms with Crippen molar-refractivity contribution in [2.75, 3.05) is 26.7 Å². The predicted octanol–water partition coefficient (Wildman–Crippen LogP) is 2.20. The number of likely N-dealkylation sites (tertiary alicyclic amines) is 1. The SMILES string of the molecule is CNCCC1CCN(C(=O)c2ccc(-c3ncon3)cc2)CC1. The quantitative estimate of drug-likeness (QED) is 0.916. The van der Waals surface area contributed by atoms with E-state index in [1.807, 2.05) is 36.2 Å². The molecule has 1 amide bonds. The molecule has 23 heavy (non-hydrogen) atoms. The summed E-state index contributed by atoms with van der Waals surface area (Å²) in [4.78, 5) is 18.5. The standard InChI is InChI=1S/C17H22N4O2/c1-18-9-6-13-7-10-21(11-8-13)17(22)15-4-2-14(3-5-15)16-19-12-23-20-16/h2-5,12-13,18H,6-11H2,1H3. The smallest absolute Gasteiger partial charge is 0.253 e. The number of nitrogens with one attached hydrogen (secondary N) is 1. The predicted molar refractivity (Wildman–Crippen MR) is 86.9 cm³/mol. The van der Waals surface area contributed by atoms with Crippen LogP contribution in [-0.4, -0.2) is 47.6 Å². The van der Waals surface area contributed by atoms with Gasteiger partial charge in [-0.25, -0.2) is 0 Å². The number of hydrogen-bond acceptors (Lipinski definition) is 5. The van der Waals surface area contributed by atoms with Crippen molar-refractivity contribution in [1.29, 1.82) is 0 Å². The summed E-state index contributed by atoms with van der Waals surface area (Å²) in [5.41, 5.74) is 1.56. The summed E-state index contributed by atoms with van der Waals surface area (Å²) in [6.45, 7) is 2.75. The zero-order valence-corrected chi connectivity index (χ0v) is 13.4. The third-order valence-electron chi connectivity index (χ3n) is 4.46. The molecular weight excluding hydrogens is 292 g/mol. The molecule has 0 bridgehead atoms. The highest BCUT2D eigenvalue weighted by molar-refractivity contribution is 5.94. The normalized spacial score (nSPS) is 15.8. The summed E-state index contributed by atoms with van der Waals surface area (Å²) in [5.74, 6) is 1.37. The number of amides is 1. The molecule has 1 saturated heterocycles. The van der Waals surface area contributed by atoms with Crippen molar-refractivity contribution in [2.45, 2.75) is 19.3 Å². The molecule has 0 spiro atoms. The molecule has 2 aromatic rings. The van der Waals surface area contributed by atoms with Gasteiger partial charge in [0.1, 0.15) is 0 Å². The molecule has 1 aliphatic rings. The molecule has 0 unspecified atom stereocenters. The number of nitrogens with zero attached hydrogens (tertiary/aromatic N) is 3. The zero-order chi connectivity index (χ0) is 16.1. The highest BCUT2D eigenvalue weighted by Crippen LogP contribution is 2.22. The Labute approximate surface area is 135 Å². The van der Waals surface area contributed by atoms with Crippen LogP contribution < -0.4 is 5.32 Å². The Kier molecular flexibility index (Phi) is 5.02. The summed E-state index contributed by atoms with van der Waals surface area (Å²) in [5, 5.41) is 6.99. The number of rotatable bonds is 5. The van der Waals surface area contributed by atoms with Crippen LogP contribution in [0.25, 0.3) is 11.4 Å². The number of aromatic nitrogens is 2. The van der Waals surface area contributed by atoms with Crippen molar-refractivity contribution in [3.8, 4) is 11.4 Å². The van der Waals surface area contributed by atoms with Gasteiger partial charge >= 0.3 is 0 Å². The first-order chi connectivity index (χ1) is 11.3. The molecule has 0 aliphatic carbocycles. The molecule has 0 atom stereocenters. The lowest BCUT2D eigenvalue weighted by molar-refractivity contribution is 0.0687. The largest absolute Gasteiger partial charge is 0.342 e. The maximum absolute atomic E-state index is 12.6. The average Bonchev–Trinajstić information content (AvgIpc) is 3.14. The Morgan fingerprint density at radius 2 is 2.04 bits per heavy atom. The van der Waals surface area contributed by atoms with Gasteiger partial charge < -0.3 is 14.7 Å². The molecule has 1 aromatic heterocycles. The molecule has 1 aromatic carbocycles. The lowest BCUT2D eigenvalue weighted by Crippen LogP contribution is -2.38. The molecular formula is C17H22N4O2. The third kappa shape index (κ3) is 3.76. The second-order valence-corrected chi connectivity index (χ2v) is 5.96. The van der Waals surface area contributed by atoms with Crippen LogP contribution in [0.15, 0.2) is 35.2 Å². The van der Waals surface area contributed by atoms with E-state index in [9.17, 15) is 4.79 Å². The second kappa shape index (κ2) is 7.37. The topological polar surface area (TPSA) is 71.3 Å². The Morgan fingerprint density at radius 3 is 2.65 bits per heavy atom. The third-order valence-corrected chi connectivity index (χ3v) is 4.46. The van der Waals surface area contributed by atoms with E-state index < -0.39 is 0 Å². The van der Waals surface area contributed by atoms with Crippen LogP contribution in [0, 0.1) is 5.92 Å².